The second kappa shape index (κ2) is 2.27. The summed E-state index contributed by atoms with van der Waals surface area (Å²) >= 11 is 0. The van der Waals surface area contributed by atoms with Crippen molar-refractivity contribution in [3.63, 3.8) is 0 Å². The minimum absolute atomic E-state index is 0.0278. The van der Waals surface area contributed by atoms with Gasteiger partial charge in [0.1, 0.15) is 0 Å². The fourth-order valence-electron chi connectivity index (χ4n) is 1.49. The van der Waals surface area contributed by atoms with Crippen LogP contribution in [0.25, 0.3) is 0 Å². The highest BCUT2D eigenvalue weighted by atomic mass is 14.9. The van der Waals surface area contributed by atoms with E-state index in [-0.39, 0.29) is 11.6 Å². The molecule has 1 saturated carbocycles. The standard InChI is InChI=1S/C7H16N2/c1-6(8)7(9)4-2-3-5-7/h6H,2-5,8-9H2,1H3/t6-/m1/s1. The zero-order valence-electron chi connectivity index (χ0n) is 6.06. The van der Waals surface area contributed by atoms with Crippen molar-refractivity contribution < 1.29 is 0 Å². The van der Waals surface area contributed by atoms with Crippen molar-refractivity contribution in [1.82, 2.24) is 0 Å². The van der Waals surface area contributed by atoms with Gasteiger partial charge < -0.3 is 11.5 Å². The molecule has 1 rings (SSSR count). The number of hydrogen-bond acceptors (Lipinski definition) is 2. The second-order valence-corrected chi connectivity index (χ2v) is 3.23. The van der Waals surface area contributed by atoms with Gasteiger partial charge >= 0.3 is 0 Å². The average molecular weight is 128 g/mol. The molecular weight excluding hydrogens is 112 g/mol. The molecule has 2 heteroatoms. The molecule has 1 fully saturated rings. The highest BCUT2D eigenvalue weighted by molar-refractivity contribution is 4.95. The quantitative estimate of drug-likeness (QED) is 0.543. The van der Waals surface area contributed by atoms with Crippen molar-refractivity contribution in [1.29, 1.82) is 0 Å². The molecular formula is C7H16N2. The smallest absolute Gasteiger partial charge is 0.0305 e. The summed E-state index contributed by atoms with van der Waals surface area (Å²) in [6, 6.07) is 0.167. The van der Waals surface area contributed by atoms with Crippen LogP contribution in [-0.4, -0.2) is 11.6 Å². The third kappa shape index (κ3) is 1.25. The lowest BCUT2D eigenvalue weighted by atomic mass is 9.91. The van der Waals surface area contributed by atoms with Gasteiger partial charge in [0.25, 0.3) is 0 Å². The largest absolute Gasteiger partial charge is 0.326 e. The molecule has 0 spiro atoms. The van der Waals surface area contributed by atoms with E-state index in [1.165, 1.54) is 12.8 Å². The minimum atomic E-state index is -0.0278. The monoisotopic (exact) mass is 128 g/mol. The maximum atomic E-state index is 5.98. The molecule has 0 amide bonds. The van der Waals surface area contributed by atoms with Crippen molar-refractivity contribution in [3.8, 4) is 0 Å². The summed E-state index contributed by atoms with van der Waals surface area (Å²) < 4.78 is 0. The van der Waals surface area contributed by atoms with E-state index < -0.39 is 0 Å². The van der Waals surface area contributed by atoms with Gasteiger partial charge in [-0.05, 0) is 19.8 Å². The Morgan fingerprint density at radius 2 is 1.78 bits per heavy atom. The van der Waals surface area contributed by atoms with E-state index in [1.807, 2.05) is 6.92 Å². The lowest BCUT2D eigenvalue weighted by Gasteiger charge is -2.27. The second-order valence-electron chi connectivity index (χ2n) is 3.23. The van der Waals surface area contributed by atoms with Gasteiger partial charge in [-0.3, -0.25) is 0 Å². The first kappa shape index (κ1) is 7.03. The average Bonchev–Trinajstić information content (AvgIpc) is 2.16. The highest BCUT2D eigenvalue weighted by Crippen LogP contribution is 2.28. The number of nitrogens with two attached hydrogens (primary N) is 2. The lowest BCUT2D eigenvalue weighted by molar-refractivity contribution is 0.370. The van der Waals surface area contributed by atoms with E-state index in [0.29, 0.717) is 0 Å². The summed E-state index contributed by atoms with van der Waals surface area (Å²) in [5.74, 6) is 0. The SMILES string of the molecule is C[C@@H](N)C1(N)CCCC1. The molecule has 2 nitrogen and oxygen atoms in total. The maximum Gasteiger partial charge on any atom is 0.0305 e. The van der Waals surface area contributed by atoms with Crippen LogP contribution < -0.4 is 11.5 Å². The summed E-state index contributed by atoms with van der Waals surface area (Å²) in [6.45, 7) is 2.01. The zero-order chi connectivity index (χ0) is 6.91. The Hall–Kier alpha value is -0.0800. The van der Waals surface area contributed by atoms with Gasteiger partial charge in [0.2, 0.25) is 0 Å². The Kier molecular flexibility index (Phi) is 1.78. The Bertz CT molecular complexity index is 93.1. The Morgan fingerprint density at radius 1 is 1.33 bits per heavy atom. The molecule has 9 heavy (non-hydrogen) atoms. The van der Waals surface area contributed by atoms with Gasteiger partial charge in [0.05, 0.1) is 0 Å². The van der Waals surface area contributed by atoms with Gasteiger partial charge in [-0.1, -0.05) is 12.8 Å². The predicted molar refractivity (Wildman–Crippen MR) is 39.0 cm³/mol. The van der Waals surface area contributed by atoms with Gasteiger partial charge in [-0.15, -0.1) is 0 Å². The molecule has 0 unspecified atom stereocenters. The van der Waals surface area contributed by atoms with Crippen LogP contribution in [0.5, 0.6) is 0 Å². The first-order chi connectivity index (χ1) is 4.15. The molecule has 0 aromatic rings. The third-order valence-electron chi connectivity index (χ3n) is 2.44. The zero-order valence-corrected chi connectivity index (χ0v) is 6.06. The molecule has 1 aliphatic rings. The van der Waals surface area contributed by atoms with Crippen molar-refractivity contribution in [3.05, 3.63) is 0 Å². The van der Waals surface area contributed by atoms with Gasteiger partial charge in [-0.2, -0.15) is 0 Å². The van der Waals surface area contributed by atoms with Crippen LogP contribution in [0.15, 0.2) is 0 Å². The lowest BCUT2D eigenvalue weighted by Crippen LogP contribution is -2.51. The fraction of sp³-hybridized carbons (Fsp3) is 1.00. The molecule has 4 N–H and O–H groups in total. The molecule has 0 radical (unpaired) electrons. The molecule has 0 aliphatic heterocycles. The molecule has 0 bridgehead atoms. The van der Waals surface area contributed by atoms with E-state index >= 15 is 0 Å². The van der Waals surface area contributed by atoms with E-state index in [4.69, 9.17) is 11.5 Å². The normalized spacial score (nSPS) is 28.3. The molecule has 0 heterocycles. The molecule has 0 saturated heterocycles. The van der Waals surface area contributed by atoms with Crippen molar-refractivity contribution in [2.45, 2.75) is 44.2 Å². The summed E-state index contributed by atoms with van der Waals surface area (Å²) in [6.07, 6.45) is 4.76. The molecule has 1 atom stereocenters. The number of rotatable bonds is 1. The van der Waals surface area contributed by atoms with Crippen molar-refractivity contribution in [2.75, 3.05) is 0 Å². The van der Waals surface area contributed by atoms with Gasteiger partial charge in [0.15, 0.2) is 0 Å². The first-order valence-corrected chi connectivity index (χ1v) is 3.70. The van der Waals surface area contributed by atoms with Crippen LogP contribution in [0.4, 0.5) is 0 Å². The maximum absolute atomic E-state index is 5.98. The summed E-state index contributed by atoms with van der Waals surface area (Å²) in [7, 11) is 0. The van der Waals surface area contributed by atoms with Crippen LogP contribution in [-0.2, 0) is 0 Å². The van der Waals surface area contributed by atoms with E-state index in [9.17, 15) is 0 Å². The number of hydrogen-bond donors (Lipinski definition) is 2. The Labute approximate surface area is 56.6 Å². The first-order valence-electron chi connectivity index (χ1n) is 3.70. The Balaban J connectivity index is 2.51. The molecule has 0 aromatic carbocycles. The van der Waals surface area contributed by atoms with Crippen LogP contribution >= 0.6 is 0 Å². The summed E-state index contributed by atoms with van der Waals surface area (Å²) in [4.78, 5) is 0. The molecule has 0 aromatic heterocycles. The molecule has 54 valence electrons. The summed E-state index contributed by atoms with van der Waals surface area (Å²) in [5.41, 5.74) is 11.7. The van der Waals surface area contributed by atoms with Crippen LogP contribution in [0.2, 0.25) is 0 Å². The van der Waals surface area contributed by atoms with Crippen LogP contribution in [0.3, 0.4) is 0 Å². The highest BCUT2D eigenvalue weighted by Gasteiger charge is 2.32. The van der Waals surface area contributed by atoms with Crippen molar-refractivity contribution >= 4 is 0 Å². The topological polar surface area (TPSA) is 52.0 Å². The van der Waals surface area contributed by atoms with Gasteiger partial charge in [-0.25, -0.2) is 0 Å². The fourth-order valence-corrected chi connectivity index (χ4v) is 1.49. The minimum Gasteiger partial charge on any atom is -0.326 e. The van der Waals surface area contributed by atoms with Crippen molar-refractivity contribution in [2.24, 2.45) is 11.5 Å². The van der Waals surface area contributed by atoms with Crippen LogP contribution in [0.1, 0.15) is 32.6 Å². The third-order valence-corrected chi connectivity index (χ3v) is 2.44. The molecule has 1 aliphatic carbocycles. The summed E-state index contributed by atoms with van der Waals surface area (Å²) in [5, 5.41) is 0. The van der Waals surface area contributed by atoms with Gasteiger partial charge in [0, 0.05) is 11.6 Å². The van der Waals surface area contributed by atoms with E-state index in [1.54, 1.807) is 0 Å². The Morgan fingerprint density at radius 3 is 2.00 bits per heavy atom. The van der Waals surface area contributed by atoms with E-state index in [0.717, 1.165) is 12.8 Å². The van der Waals surface area contributed by atoms with E-state index in [2.05, 4.69) is 0 Å². The van der Waals surface area contributed by atoms with Crippen LogP contribution in [0, 0.1) is 0 Å². The predicted octanol–water partition coefficient (Wildman–Crippen LogP) is 0.605.